The van der Waals surface area contributed by atoms with Crippen LogP contribution in [-0.2, 0) is 6.42 Å². The number of hydrogen-bond donors (Lipinski definition) is 0. The minimum Gasteiger partial charge on any atom is -0.237 e. The Bertz CT molecular complexity index is 416. The Morgan fingerprint density at radius 1 is 1.29 bits per heavy atom. The molecule has 0 bridgehead atoms. The Hall–Kier alpha value is -1.71. The van der Waals surface area contributed by atoms with Crippen LogP contribution in [0, 0.1) is 6.92 Å². The zero-order chi connectivity index (χ0) is 9.97. The van der Waals surface area contributed by atoms with E-state index in [-0.39, 0.29) is 0 Å². The van der Waals surface area contributed by atoms with Gasteiger partial charge in [0.2, 0.25) is 0 Å². The zero-order valence-electron chi connectivity index (χ0n) is 8.31. The predicted molar refractivity (Wildman–Crippen MR) is 53.3 cm³/mol. The summed E-state index contributed by atoms with van der Waals surface area (Å²) in [6, 6.07) is 4.01. The average molecular weight is 188 g/mol. The van der Waals surface area contributed by atoms with Crippen LogP contribution in [0.2, 0.25) is 0 Å². The van der Waals surface area contributed by atoms with Gasteiger partial charge in [-0.1, -0.05) is 13.0 Å². The van der Waals surface area contributed by atoms with Crippen molar-refractivity contribution >= 4 is 0 Å². The zero-order valence-corrected chi connectivity index (χ0v) is 8.31. The maximum Gasteiger partial charge on any atom is 0.155 e. The smallest absolute Gasteiger partial charge is 0.155 e. The van der Waals surface area contributed by atoms with E-state index in [1.54, 1.807) is 11.0 Å². The summed E-state index contributed by atoms with van der Waals surface area (Å²) in [5.41, 5.74) is 1.23. The maximum absolute atomic E-state index is 4.29. The summed E-state index contributed by atoms with van der Waals surface area (Å²) in [7, 11) is 0. The van der Waals surface area contributed by atoms with E-state index >= 15 is 0 Å². The molecule has 0 fully saturated rings. The predicted octanol–water partition coefficient (Wildman–Crippen LogP) is 1.53. The standard InChI is InChI=1S/C10H12N4/c1-3-9-4-5-10(11-6-9)14-7-12-8(2)13-14/h4-7H,3H2,1-2H3. The molecule has 0 spiro atoms. The highest BCUT2D eigenvalue weighted by Crippen LogP contribution is 2.04. The summed E-state index contributed by atoms with van der Waals surface area (Å²) in [6.07, 6.45) is 4.54. The number of hydrogen-bond acceptors (Lipinski definition) is 3. The first kappa shape index (κ1) is 8.87. The summed E-state index contributed by atoms with van der Waals surface area (Å²) >= 11 is 0. The van der Waals surface area contributed by atoms with Crippen molar-refractivity contribution < 1.29 is 0 Å². The normalized spacial score (nSPS) is 10.4. The molecule has 0 saturated carbocycles. The van der Waals surface area contributed by atoms with Gasteiger partial charge in [-0.05, 0) is 25.0 Å². The van der Waals surface area contributed by atoms with Crippen LogP contribution in [0.5, 0.6) is 0 Å². The van der Waals surface area contributed by atoms with Crippen molar-refractivity contribution in [3.8, 4) is 5.82 Å². The maximum atomic E-state index is 4.29. The summed E-state index contributed by atoms with van der Waals surface area (Å²) in [6.45, 7) is 3.97. The number of rotatable bonds is 2. The lowest BCUT2D eigenvalue weighted by atomic mass is 10.2. The third-order valence-electron chi connectivity index (χ3n) is 2.06. The third-order valence-corrected chi connectivity index (χ3v) is 2.06. The van der Waals surface area contributed by atoms with Crippen LogP contribution in [0.3, 0.4) is 0 Å². The molecule has 4 heteroatoms. The van der Waals surface area contributed by atoms with Crippen LogP contribution in [0.4, 0.5) is 0 Å². The number of nitrogens with zero attached hydrogens (tertiary/aromatic N) is 4. The van der Waals surface area contributed by atoms with Gasteiger partial charge in [-0.2, -0.15) is 5.10 Å². The SMILES string of the molecule is CCc1ccc(-n2cnc(C)n2)nc1. The lowest BCUT2D eigenvalue weighted by Gasteiger charge is -1.99. The molecule has 0 aromatic carbocycles. The summed E-state index contributed by atoms with van der Waals surface area (Å²) in [5.74, 6) is 1.56. The van der Waals surface area contributed by atoms with Crippen LogP contribution in [0.15, 0.2) is 24.7 Å². The second kappa shape index (κ2) is 3.57. The van der Waals surface area contributed by atoms with Crippen LogP contribution in [0.25, 0.3) is 5.82 Å². The molecule has 2 aromatic heterocycles. The Kier molecular flexibility index (Phi) is 2.26. The lowest BCUT2D eigenvalue weighted by molar-refractivity contribution is 0.829. The van der Waals surface area contributed by atoms with Crippen LogP contribution in [-0.4, -0.2) is 19.7 Å². The number of pyridine rings is 1. The van der Waals surface area contributed by atoms with Gasteiger partial charge in [-0.25, -0.2) is 14.6 Å². The van der Waals surface area contributed by atoms with Gasteiger partial charge in [0.15, 0.2) is 5.82 Å². The van der Waals surface area contributed by atoms with Crippen molar-refractivity contribution in [1.29, 1.82) is 0 Å². The highest BCUT2D eigenvalue weighted by Gasteiger charge is 1.99. The number of aryl methyl sites for hydroxylation is 2. The molecular weight excluding hydrogens is 176 g/mol. The monoisotopic (exact) mass is 188 g/mol. The first-order valence-corrected chi connectivity index (χ1v) is 4.63. The van der Waals surface area contributed by atoms with Gasteiger partial charge in [-0.15, -0.1) is 0 Å². The summed E-state index contributed by atoms with van der Waals surface area (Å²) < 4.78 is 1.68. The fraction of sp³-hybridized carbons (Fsp3) is 0.300. The van der Waals surface area contributed by atoms with Gasteiger partial charge in [0, 0.05) is 6.20 Å². The molecule has 0 aliphatic rings. The average Bonchev–Trinajstić information content (AvgIpc) is 2.65. The molecule has 2 rings (SSSR count). The van der Waals surface area contributed by atoms with E-state index in [0.29, 0.717) is 0 Å². The van der Waals surface area contributed by atoms with E-state index in [0.717, 1.165) is 18.1 Å². The Balaban J connectivity index is 2.33. The molecule has 0 saturated heterocycles. The number of aromatic nitrogens is 4. The van der Waals surface area contributed by atoms with E-state index in [9.17, 15) is 0 Å². The molecule has 4 nitrogen and oxygen atoms in total. The molecule has 0 unspecified atom stereocenters. The molecule has 14 heavy (non-hydrogen) atoms. The van der Waals surface area contributed by atoms with Gasteiger partial charge in [-0.3, -0.25) is 0 Å². The van der Waals surface area contributed by atoms with E-state index < -0.39 is 0 Å². The van der Waals surface area contributed by atoms with Crippen LogP contribution < -0.4 is 0 Å². The molecular formula is C10H12N4. The highest BCUT2D eigenvalue weighted by molar-refractivity contribution is 5.23. The summed E-state index contributed by atoms with van der Waals surface area (Å²) in [5, 5.41) is 4.18. The quantitative estimate of drug-likeness (QED) is 0.717. The molecule has 0 aliphatic heterocycles. The molecule has 0 N–H and O–H groups in total. The van der Waals surface area contributed by atoms with E-state index in [1.165, 1.54) is 5.56 Å². The molecule has 2 heterocycles. The van der Waals surface area contributed by atoms with Crippen LogP contribution in [0.1, 0.15) is 18.3 Å². The van der Waals surface area contributed by atoms with Crippen molar-refractivity contribution in [2.24, 2.45) is 0 Å². The topological polar surface area (TPSA) is 43.6 Å². The fourth-order valence-electron chi connectivity index (χ4n) is 1.22. The lowest BCUT2D eigenvalue weighted by Crippen LogP contribution is -1.98. The Labute approximate surface area is 82.6 Å². The van der Waals surface area contributed by atoms with Gasteiger partial charge in [0.25, 0.3) is 0 Å². The minimum absolute atomic E-state index is 0.756. The van der Waals surface area contributed by atoms with Gasteiger partial charge in [0.05, 0.1) is 0 Å². The fourth-order valence-corrected chi connectivity index (χ4v) is 1.22. The van der Waals surface area contributed by atoms with Crippen LogP contribution >= 0.6 is 0 Å². The molecule has 0 radical (unpaired) electrons. The van der Waals surface area contributed by atoms with Crippen molar-refractivity contribution in [1.82, 2.24) is 19.7 Å². The Morgan fingerprint density at radius 3 is 2.64 bits per heavy atom. The first-order chi connectivity index (χ1) is 6.79. The largest absolute Gasteiger partial charge is 0.237 e. The molecule has 0 aliphatic carbocycles. The molecule has 72 valence electrons. The minimum atomic E-state index is 0.756. The van der Waals surface area contributed by atoms with Gasteiger partial charge < -0.3 is 0 Å². The highest BCUT2D eigenvalue weighted by atomic mass is 15.4. The molecule has 0 atom stereocenters. The van der Waals surface area contributed by atoms with Gasteiger partial charge >= 0.3 is 0 Å². The van der Waals surface area contributed by atoms with Crippen molar-refractivity contribution in [3.63, 3.8) is 0 Å². The summed E-state index contributed by atoms with van der Waals surface area (Å²) in [4.78, 5) is 8.34. The second-order valence-electron chi connectivity index (χ2n) is 3.11. The van der Waals surface area contributed by atoms with E-state index in [1.807, 2.05) is 19.2 Å². The van der Waals surface area contributed by atoms with Crippen molar-refractivity contribution in [3.05, 3.63) is 36.0 Å². The molecule has 2 aromatic rings. The third kappa shape index (κ3) is 1.64. The van der Waals surface area contributed by atoms with Crippen molar-refractivity contribution in [2.75, 3.05) is 0 Å². The van der Waals surface area contributed by atoms with E-state index in [2.05, 4.69) is 28.1 Å². The second-order valence-corrected chi connectivity index (χ2v) is 3.11. The van der Waals surface area contributed by atoms with Gasteiger partial charge in [0.1, 0.15) is 12.2 Å². The first-order valence-electron chi connectivity index (χ1n) is 4.63. The Morgan fingerprint density at radius 2 is 2.14 bits per heavy atom. The molecule has 0 amide bonds. The van der Waals surface area contributed by atoms with E-state index in [4.69, 9.17) is 0 Å². The van der Waals surface area contributed by atoms with Crippen molar-refractivity contribution in [2.45, 2.75) is 20.3 Å².